The van der Waals surface area contributed by atoms with Gasteiger partial charge in [-0.15, -0.1) is 0 Å². The van der Waals surface area contributed by atoms with Crippen LogP contribution in [0.3, 0.4) is 0 Å². The Bertz CT molecular complexity index is 917. The maximum atomic E-state index is 12.3. The van der Waals surface area contributed by atoms with E-state index in [-0.39, 0.29) is 18.0 Å². The first-order valence-corrected chi connectivity index (χ1v) is 11.4. The van der Waals surface area contributed by atoms with Crippen molar-refractivity contribution in [3.05, 3.63) is 53.6 Å². The van der Waals surface area contributed by atoms with Crippen molar-refractivity contribution in [2.45, 2.75) is 57.9 Å². The van der Waals surface area contributed by atoms with Gasteiger partial charge in [0, 0.05) is 18.8 Å². The van der Waals surface area contributed by atoms with E-state index in [4.69, 9.17) is 4.65 Å². The highest BCUT2D eigenvalue weighted by molar-refractivity contribution is 6.68. The van der Waals surface area contributed by atoms with Gasteiger partial charge in [0.15, 0.2) is 0 Å². The Kier molecular flexibility index (Phi) is 9.23. The maximum absolute atomic E-state index is 12.3. The summed E-state index contributed by atoms with van der Waals surface area (Å²) in [6.07, 6.45) is 9.92. The van der Waals surface area contributed by atoms with Crippen molar-refractivity contribution >= 4 is 30.9 Å². The normalized spacial score (nSPS) is 13.6. The number of aromatic nitrogens is 2. The summed E-state index contributed by atoms with van der Waals surface area (Å²) in [4.78, 5) is 43.5. The number of hydrogen-bond donors (Lipinski definition) is 3. The Morgan fingerprint density at radius 3 is 2.55 bits per heavy atom. The Labute approximate surface area is 194 Å². The van der Waals surface area contributed by atoms with Crippen LogP contribution in [0.25, 0.3) is 0 Å². The van der Waals surface area contributed by atoms with Gasteiger partial charge in [-0.25, -0.2) is 4.98 Å². The third kappa shape index (κ3) is 7.89. The molecule has 1 fully saturated rings. The first kappa shape index (κ1) is 24.2. The fraction of sp³-hybridized carbons (Fsp3) is 0.435. The molecule has 3 amide bonds. The van der Waals surface area contributed by atoms with Crippen LogP contribution < -0.4 is 21.3 Å². The molecule has 1 aromatic heterocycles. The Balaban J connectivity index is 1.44. The molecule has 1 aliphatic rings. The molecule has 1 saturated carbocycles. The van der Waals surface area contributed by atoms with Crippen molar-refractivity contribution in [2.24, 2.45) is 0 Å². The van der Waals surface area contributed by atoms with E-state index in [2.05, 4.69) is 25.8 Å². The second-order valence-corrected chi connectivity index (χ2v) is 8.21. The molecule has 0 saturated heterocycles. The van der Waals surface area contributed by atoms with Crippen molar-refractivity contribution in [1.29, 1.82) is 0 Å². The van der Waals surface area contributed by atoms with E-state index >= 15 is 0 Å². The third-order valence-corrected chi connectivity index (χ3v) is 5.62. The monoisotopic (exact) mass is 451 g/mol. The second-order valence-electron chi connectivity index (χ2n) is 8.21. The Morgan fingerprint density at radius 2 is 1.88 bits per heavy atom. The van der Waals surface area contributed by atoms with Gasteiger partial charge in [-0.1, -0.05) is 43.5 Å². The van der Waals surface area contributed by atoms with Crippen LogP contribution in [0.5, 0.6) is 0 Å². The quantitative estimate of drug-likeness (QED) is 0.287. The van der Waals surface area contributed by atoms with Gasteiger partial charge < -0.3 is 20.5 Å². The number of amides is 3. The van der Waals surface area contributed by atoms with Gasteiger partial charge in [-0.05, 0) is 43.6 Å². The van der Waals surface area contributed by atoms with Crippen LogP contribution in [-0.4, -0.2) is 48.0 Å². The summed E-state index contributed by atoms with van der Waals surface area (Å²) in [6.45, 7) is 2.66. The van der Waals surface area contributed by atoms with Crippen LogP contribution in [-0.2, 0) is 15.9 Å². The van der Waals surface area contributed by atoms with E-state index in [1.165, 1.54) is 12.6 Å². The van der Waals surface area contributed by atoms with E-state index in [1.54, 1.807) is 6.20 Å². The summed E-state index contributed by atoms with van der Waals surface area (Å²) >= 11 is 0. The van der Waals surface area contributed by atoms with Gasteiger partial charge in [0.2, 0.25) is 0 Å². The van der Waals surface area contributed by atoms with Gasteiger partial charge in [-0.2, -0.15) is 0 Å². The molecule has 33 heavy (non-hydrogen) atoms. The number of carbonyl (C=O) groups is 3. The number of benzene rings is 1. The standard InChI is InChI=1S/C23H30BN5O4/c1-17-14-27-21(15-26-17)22(31)25-13-5-6-18-9-11-19(12-10-18)24(33-16-30)29-23(32)28-20-7-3-2-4-8-20/h9-12,14-16,20H,2-8,13H2,1H3,(H,25,31)(H2,28,29,32). The number of carbonyl (C=O) groups excluding carboxylic acids is 3. The molecule has 0 spiro atoms. The summed E-state index contributed by atoms with van der Waals surface area (Å²) in [5.74, 6) is -0.246. The van der Waals surface area contributed by atoms with E-state index in [0.29, 0.717) is 24.2 Å². The van der Waals surface area contributed by atoms with Crippen LogP contribution in [0, 0.1) is 6.92 Å². The lowest BCUT2D eigenvalue weighted by molar-refractivity contribution is -0.121. The first-order valence-electron chi connectivity index (χ1n) is 11.4. The summed E-state index contributed by atoms with van der Waals surface area (Å²) in [5.41, 5.74) is 2.80. The largest absolute Gasteiger partial charge is 0.522 e. The molecule has 3 N–H and O–H groups in total. The molecule has 174 valence electrons. The maximum Gasteiger partial charge on any atom is 0.522 e. The molecule has 0 bridgehead atoms. The van der Waals surface area contributed by atoms with E-state index in [0.717, 1.165) is 49.8 Å². The molecule has 0 radical (unpaired) electrons. The topological polar surface area (TPSA) is 122 Å². The molecule has 1 heterocycles. The van der Waals surface area contributed by atoms with Crippen LogP contribution >= 0.6 is 0 Å². The number of rotatable bonds is 10. The van der Waals surface area contributed by atoms with Crippen molar-refractivity contribution in [3.8, 4) is 0 Å². The summed E-state index contributed by atoms with van der Waals surface area (Å²) in [7, 11) is -0.852. The lowest BCUT2D eigenvalue weighted by Crippen LogP contribution is -2.55. The fourth-order valence-corrected chi connectivity index (χ4v) is 3.80. The number of nitrogens with zero attached hydrogens (tertiary/aromatic N) is 2. The van der Waals surface area contributed by atoms with E-state index in [1.807, 2.05) is 31.2 Å². The summed E-state index contributed by atoms with van der Waals surface area (Å²) in [5, 5.41) is 8.52. The molecule has 0 aliphatic heterocycles. The zero-order valence-corrected chi connectivity index (χ0v) is 18.9. The highest BCUT2D eigenvalue weighted by Crippen LogP contribution is 2.17. The predicted molar refractivity (Wildman–Crippen MR) is 125 cm³/mol. The van der Waals surface area contributed by atoms with Gasteiger partial charge in [0.25, 0.3) is 12.4 Å². The molecule has 3 rings (SSSR count). The van der Waals surface area contributed by atoms with Crippen LogP contribution in [0.15, 0.2) is 36.7 Å². The smallest absolute Gasteiger partial charge is 0.513 e. The van der Waals surface area contributed by atoms with Crippen molar-refractivity contribution in [1.82, 2.24) is 25.8 Å². The van der Waals surface area contributed by atoms with Crippen LogP contribution in [0.1, 0.15) is 60.3 Å². The molecule has 1 aromatic carbocycles. The number of urea groups is 1. The van der Waals surface area contributed by atoms with Crippen molar-refractivity contribution in [3.63, 3.8) is 0 Å². The summed E-state index contributed by atoms with van der Waals surface area (Å²) in [6, 6.07) is 7.31. The minimum Gasteiger partial charge on any atom is -0.513 e. The second kappa shape index (κ2) is 12.6. The SMILES string of the molecule is Cc1cnc(C(=O)NCCCc2ccc(B(NC(=O)NC3CCCCC3)OC=O)cc2)cn1. The minimum atomic E-state index is -0.852. The third-order valence-electron chi connectivity index (χ3n) is 5.62. The predicted octanol–water partition coefficient (Wildman–Crippen LogP) is 1.65. The molecular weight excluding hydrogens is 421 g/mol. The fourth-order valence-electron chi connectivity index (χ4n) is 3.80. The number of aryl methyl sites for hydroxylation is 2. The molecule has 10 heteroatoms. The molecule has 0 unspecified atom stereocenters. The van der Waals surface area contributed by atoms with Gasteiger partial charge in [0.1, 0.15) is 5.69 Å². The Hall–Kier alpha value is -3.43. The average Bonchev–Trinajstić information content (AvgIpc) is 2.83. The zero-order valence-electron chi connectivity index (χ0n) is 18.9. The van der Waals surface area contributed by atoms with E-state index in [9.17, 15) is 14.4 Å². The first-order chi connectivity index (χ1) is 16.0. The van der Waals surface area contributed by atoms with Crippen LogP contribution in [0.4, 0.5) is 4.79 Å². The van der Waals surface area contributed by atoms with Crippen molar-refractivity contribution in [2.75, 3.05) is 6.54 Å². The lowest BCUT2D eigenvalue weighted by Gasteiger charge is -2.23. The van der Waals surface area contributed by atoms with Gasteiger partial charge in [0.05, 0.1) is 11.9 Å². The summed E-state index contributed by atoms with van der Waals surface area (Å²) < 4.78 is 5.09. The average molecular weight is 451 g/mol. The number of nitrogens with one attached hydrogen (secondary N) is 3. The number of hydrogen-bond acceptors (Lipinski definition) is 6. The van der Waals surface area contributed by atoms with E-state index < -0.39 is 7.05 Å². The van der Waals surface area contributed by atoms with Crippen molar-refractivity contribution < 1.29 is 19.0 Å². The molecular formula is C23H30BN5O4. The zero-order chi connectivity index (χ0) is 23.5. The molecule has 2 aromatic rings. The van der Waals surface area contributed by atoms with Gasteiger partial charge in [-0.3, -0.25) is 19.4 Å². The van der Waals surface area contributed by atoms with Gasteiger partial charge >= 0.3 is 13.1 Å². The van der Waals surface area contributed by atoms with Crippen LogP contribution in [0.2, 0.25) is 0 Å². The highest BCUT2D eigenvalue weighted by atomic mass is 16.5. The molecule has 1 aliphatic carbocycles. The molecule has 9 nitrogen and oxygen atoms in total. The highest BCUT2D eigenvalue weighted by Gasteiger charge is 2.25. The minimum absolute atomic E-state index is 0.163. The molecule has 0 atom stereocenters. The Morgan fingerprint density at radius 1 is 1.12 bits per heavy atom. The lowest BCUT2D eigenvalue weighted by atomic mass is 9.73.